The molecule has 0 bridgehead atoms. The van der Waals surface area contributed by atoms with Crippen LogP contribution in [0, 0.1) is 0 Å². The highest BCUT2D eigenvalue weighted by Gasteiger charge is 2.22. The van der Waals surface area contributed by atoms with Gasteiger partial charge in [0, 0.05) is 24.9 Å². The van der Waals surface area contributed by atoms with Gasteiger partial charge in [-0.05, 0) is 11.6 Å². The predicted molar refractivity (Wildman–Crippen MR) is 91.6 cm³/mol. The van der Waals surface area contributed by atoms with Gasteiger partial charge in [-0.25, -0.2) is 14.3 Å². The topological polar surface area (TPSA) is 89.5 Å². The molecule has 0 saturated carbocycles. The minimum atomic E-state index is -1.06. The molecule has 4 rings (SSSR count). The summed E-state index contributed by atoms with van der Waals surface area (Å²) in [7, 11) is 0. The lowest BCUT2D eigenvalue weighted by atomic mass is 10.1. The molecule has 7 nitrogen and oxygen atoms in total. The van der Waals surface area contributed by atoms with Crippen molar-refractivity contribution in [3.63, 3.8) is 0 Å². The largest absolute Gasteiger partial charge is 0.480 e. The van der Waals surface area contributed by atoms with E-state index < -0.39 is 17.6 Å². The first-order chi connectivity index (χ1) is 12.1. The Morgan fingerprint density at radius 1 is 1.16 bits per heavy atom. The van der Waals surface area contributed by atoms with Gasteiger partial charge < -0.3 is 9.67 Å². The van der Waals surface area contributed by atoms with Gasteiger partial charge in [0.15, 0.2) is 5.65 Å². The van der Waals surface area contributed by atoms with Crippen molar-refractivity contribution in [3.8, 4) is 0 Å². The molecule has 0 aliphatic carbocycles. The standard InChI is InChI=1S/C18H14N4O3/c23-17-13-11-19-16-6-8-20-22(16)14(13)7-9-21(17)15(18(24)25)10-12-4-2-1-3-5-12/h1-9,11,15H,10H2,(H,24,25)/t15-/m0/s1. The van der Waals surface area contributed by atoms with E-state index >= 15 is 0 Å². The van der Waals surface area contributed by atoms with Crippen molar-refractivity contribution in [2.45, 2.75) is 12.5 Å². The number of rotatable bonds is 4. The monoisotopic (exact) mass is 334 g/mol. The molecule has 25 heavy (non-hydrogen) atoms. The Kier molecular flexibility index (Phi) is 3.53. The number of carbonyl (C=O) groups is 1. The molecule has 0 amide bonds. The van der Waals surface area contributed by atoms with Gasteiger partial charge in [-0.15, -0.1) is 0 Å². The number of hydrogen-bond donors (Lipinski definition) is 1. The Hall–Kier alpha value is -3.48. The van der Waals surface area contributed by atoms with Crippen LogP contribution in [0.15, 0.2) is 65.8 Å². The predicted octanol–water partition coefficient (Wildman–Crippen LogP) is 1.91. The lowest BCUT2D eigenvalue weighted by molar-refractivity contribution is -0.141. The molecular formula is C18H14N4O3. The number of aliphatic carboxylic acids is 1. The van der Waals surface area contributed by atoms with Gasteiger partial charge in [0.05, 0.1) is 17.1 Å². The molecule has 0 unspecified atom stereocenters. The number of nitrogens with zero attached hydrogens (tertiary/aromatic N) is 4. The summed E-state index contributed by atoms with van der Waals surface area (Å²) < 4.78 is 2.81. The summed E-state index contributed by atoms with van der Waals surface area (Å²) in [5, 5.41) is 14.1. The highest BCUT2D eigenvalue weighted by atomic mass is 16.4. The molecule has 0 fully saturated rings. The summed E-state index contributed by atoms with van der Waals surface area (Å²) in [6.07, 6.45) is 4.79. The number of hydrogen-bond acceptors (Lipinski definition) is 4. The van der Waals surface area contributed by atoms with E-state index in [1.165, 1.54) is 17.0 Å². The first-order valence-electron chi connectivity index (χ1n) is 7.75. The number of pyridine rings is 1. The quantitative estimate of drug-likeness (QED) is 0.616. The summed E-state index contributed by atoms with van der Waals surface area (Å²) in [4.78, 5) is 28.8. The van der Waals surface area contributed by atoms with Crippen molar-refractivity contribution < 1.29 is 9.90 Å². The number of aromatic nitrogens is 4. The van der Waals surface area contributed by atoms with E-state index in [0.29, 0.717) is 16.6 Å². The Bertz CT molecular complexity index is 1130. The second kappa shape index (κ2) is 5.86. The number of carboxylic acids is 1. The van der Waals surface area contributed by atoms with E-state index in [-0.39, 0.29) is 6.42 Å². The fourth-order valence-electron chi connectivity index (χ4n) is 2.96. The van der Waals surface area contributed by atoms with Gasteiger partial charge in [-0.1, -0.05) is 30.3 Å². The smallest absolute Gasteiger partial charge is 0.327 e. The van der Waals surface area contributed by atoms with Crippen molar-refractivity contribution in [1.29, 1.82) is 0 Å². The average Bonchev–Trinajstić information content (AvgIpc) is 3.10. The Morgan fingerprint density at radius 2 is 1.96 bits per heavy atom. The summed E-state index contributed by atoms with van der Waals surface area (Å²) >= 11 is 0. The molecule has 1 aromatic carbocycles. The molecule has 124 valence electrons. The Morgan fingerprint density at radius 3 is 2.72 bits per heavy atom. The SMILES string of the molecule is O=C(O)[C@H](Cc1ccccc1)n1ccc2c(cnc3ccnn32)c1=O. The van der Waals surface area contributed by atoms with Crippen molar-refractivity contribution >= 4 is 22.5 Å². The van der Waals surface area contributed by atoms with Crippen LogP contribution in [0.2, 0.25) is 0 Å². The Labute approximate surface area is 141 Å². The van der Waals surface area contributed by atoms with Crippen molar-refractivity contribution in [1.82, 2.24) is 19.2 Å². The van der Waals surface area contributed by atoms with Crippen LogP contribution in [-0.2, 0) is 11.2 Å². The first-order valence-corrected chi connectivity index (χ1v) is 7.75. The van der Waals surface area contributed by atoms with Gasteiger partial charge in [0.25, 0.3) is 5.56 Å². The van der Waals surface area contributed by atoms with E-state index in [0.717, 1.165) is 5.56 Å². The van der Waals surface area contributed by atoms with Gasteiger partial charge in [-0.3, -0.25) is 4.79 Å². The fraction of sp³-hybridized carbons (Fsp3) is 0.111. The van der Waals surface area contributed by atoms with Crippen LogP contribution in [0.1, 0.15) is 11.6 Å². The zero-order valence-electron chi connectivity index (χ0n) is 13.1. The third-order valence-corrected chi connectivity index (χ3v) is 4.20. The maximum Gasteiger partial charge on any atom is 0.327 e. The lowest BCUT2D eigenvalue weighted by Crippen LogP contribution is -2.31. The van der Waals surface area contributed by atoms with Crippen LogP contribution < -0.4 is 5.56 Å². The molecule has 4 aromatic rings. The molecule has 7 heteroatoms. The maximum absolute atomic E-state index is 12.8. The van der Waals surface area contributed by atoms with E-state index in [4.69, 9.17) is 0 Å². The van der Waals surface area contributed by atoms with E-state index in [1.54, 1.807) is 22.8 Å². The summed E-state index contributed by atoms with van der Waals surface area (Å²) in [5.74, 6) is -1.06. The zero-order chi connectivity index (χ0) is 17.4. The van der Waals surface area contributed by atoms with E-state index in [2.05, 4.69) is 10.1 Å². The second-order valence-electron chi connectivity index (χ2n) is 5.73. The molecule has 0 spiro atoms. The highest BCUT2D eigenvalue weighted by molar-refractivity contribution is 5.80. The highest BCUT2D eigenvalue weighted by Crippen LogP contribution is 2.16. The molecular weight excluding hydrogens is 320 g/mol. The number of fused-ring (bicyclic) bond motifs is 3. The molecule has 3 heterocycles. The summed E-state index contributed by atoms with van der Waals surface area (Å²) in [6.45, 7) is 0. The third kappa shape index (κ3) is 2.55. The molecule has 1 atom stereocenters. The minimum absolute atomic E-state index is 0.221. The number of benzene rings is 1. The van der Waals surface area contributed by atoms with Crippen molar-refractivity contribution in [3.05, 3.63) is 77.0 Å². The van der Waals surface area contributed by atoms with Gasteiger partial charge in [0.1, 0.15) is 6.04 Å². The van der Waals surface area contributed by atoms with E-state index in [9.17, 15) is 14.7 Å². The Balaban J connectivity index is 1.86. The van der Waals surface area contributed by atoms with Crippen molar-refractivity contribution in [2.24, 2.45) is 0 Å². The molecule has 3 aromatic heterocycles. The average molecular weight is 334 g/mol. The first kappa shape index (κ1) is 15.1. The number of carboxylic acid groups (broad SMARTS) is 1. The van der Waals surface area contributed by atoms with Crippen LogP contribution in [0.4, 0.5) is 0 Å². The van der Waals surface area contributed by atoms with Gasteiger partial charge in [0.2, 0.25) is 0 Å². The second-order valence-corrected chi connectivity index (χ2v) is 5.73. The normalized spacial score (nSPS) is 12.5. The maximum atomic E-state index is 12.8. The van der Waals surface area contributed by atoms with Crippen LogP contribution in [-0.4, -0.2) is 30.2 Å². The molecule has 0 aliphatic heterocycles. The lowest BCUT2D eigenvalue weighted by Gasteiger charge is -2.16. The van der Waals surface area contributed by atoms with Crippen LogP contribution in [0.3, 0.4) is 0 Å². The third-order valence-electron chi connectivity index (χ3n) is 4.20. The molecule has 0 saturated heterocycles. The van der Waals surface area contributed by atoms with Gasteiger partial charge in [-0.2, -0.15) is 5.10 Å². The van der Waals surface area contributed by atoms with Crippen molar-refractivity contribution in [2.75, 3.05) is 0 Å². The van der Waals surface area contributed by atoms with E-state index in [1.807, 2.05) is 30.3 Å². The zero-order valence-corrected chi connectivity index (χ0v) is 13.1. The van der Waals surface area contributed by atoms with Gasteiger partial charge >= 0.3 is 5.97 Å². The van der Waals surface area contributed by atoms with Crippen LogP contribution >= 0.6 is 0 Å². The minimum Gasteiger partial charge on any atom is -0.480 e. The molecule has 0 radical (unpaired) electrons. The summed E-state index contributed by atoms with van der Waals surface area (Å²) in [5.41, 5.74) is 1.68. The van der Waals surface area contributed by atoms with Crippen LogP contribution in [0.5, 0.6) is 0 Å². The molecule has 1 N–H and O–H groups in total. The van der Waals surface area contributed by atoms with Crippen LogP contribution in [0.25, 0.3) is 16.6 Å². The fourth-order valence-corrected chi connectivity index (χ4v) is 2.96. The molecule has 0 aliphatic rings. The summed E-state index contributed by atoms with van der Waals surface area (Å²) in [6, 6.07) is 11.7.